The maximum Gasteiger partial charge on any atom is 0.256 e. The third kappa shape index (κ3) is 4.86. The molecule has 2 aromatic carbocycles. The first kappa shape index (κ1) is 23.8. The molecular formula is C30H29N7O. The van der Waals surface area contributed by atoms with Crippen molar-refractivity contribution in [3.63, 3.8) is 0 Å². The lowest BCUT2D eigenvalue weighted by Crippen LogP contribution is -2.31. The number of anilines is 2. The number of fused-ring (bicyclic) bond motifs is 1. The van der Waals surface area contributed by atoms with Crippen LogP contribution in [0.4, 0.5) is 11.6 Å². The van der Waals surface area contributed by atoms with Crippen molar-refractivity contribution >= 4 is 23.1 Å². The Balaban J connectivity index is 1.26. The van der Waals surface area contributed by atoms with Crippen LogP contribution in [0.2, 0.25) is 0 Å². The zero-order chi connectivity index (χ0) is 25.9. The van der Waals surface area contributed by atoms with Gasteiger partial charge in [0.15, 0.2) is 0 Å². The second-order valence-electron chi connectivity index (χ2n) is 9.61. The van der Waals surface area contributed by atoms with Gasteiger partial charge in [-0.25, -0.2) is 15.0 Å². The summed E-state index contributed by atoms with van der Waals surface area (Å²) >= 11 is 0. The molecule has 1 saturated heterocycles. The van der Waals surface area contributed by atoms with Crippen molar-refractivity contribution in [2.75, 3.05) is 17.6 Å². The molecule has 190 valence electrons. The topological polar surface area (TPSA) is 101 Å². The number of nitrogen functional groups attached to an aromatic ring is 1. The molecule has 8 heteroatoms. The molecular weight excluding hydrogens is 474 g/mol. The van der Waals surface area contributed by atoms with E-state index in [1.807, 2.05) is 30.5 Å². The van der Waals surface area contributed by atoms with Crippen molar-refractivity contribution in [3.8, 4) is 11.3 Å². The van der Waals surface area contributed by atoms with E-state index in [0.717, 1.165) is 48.5 Å². The number of aromatic nitrogens is 4. The number of amides is 1. The molecule has 0 bridgehead atoms. The first-order valence-electron chi connectivity index (χ1n) is 12.9. The largest absolute Gasteiger partial charge is 0.382 e. The van der Waals surface area contributed by atoms with E-state index in [-0.39, 0.29) is 5.91 Å². The number of hydrogen-bond donors (Lipinski definition) is 2. The summed E-state index contributed by atoms with van der Waals surface area (Å²) in [5, 5.41) is 2.82. The van der Waals surface area contributed by atoms with Crippen LogP contribution in [0.15, 0.2) is 91.4 Å². The Labute approximate surface area is 221 Å². The number of nitrogens with zero attached hydrogens (tertiary/aromatic N) is 5. The van der Waals surface area contributed by atoms with Gasteiger partial charge in [-0.2, -0.15) is 0 Å². The van der Waals surface area contributed by atoms with Gasteiger partial charge < -0.3 is 11.1 Å². The van der Waals surface area contributed by atoms with Crippen LogP contribution in [0.3, 0.4) is 0 Å². The molecule has 0 unspecified atom stereocenters. The molecule has 0 radical (unpaired) electrons. The maximum atomic E-state index is 12.7. The van der Waals surface area contributed by atoms with Crippen molar-refractivity contribution in [1.29, 1.82) is 0 Å². The number of nitrogens with one attached hydrogen (secondary N) is 1. The van der Waals surface area contributed by atoms with Crippen LogP contribution in [-0.2, 0) is 13.0 Å². The normalized spacial score (nSPS) is 15.6. The highest BCUT2D eigenvalue weighted by Gasteiger charge is 2.27. The summed E-state index contributed by atoms with van der Waals surface area (Å²) in [6, 6.07) is 23.8. The molecule has 3 N–H and O–H groups in total. The number of pyridine rings is 1. The van der Waals surface area contributed by atoms with Gasteiger partial charge in [0.1, 0.15) is 28.7 Å². The summed E-state index contributed by atoms with van der Waals surface area (Å²) in [5.74, 6) is 1.70. The smallest absolute Gasteiger partial charge is 0.256 e. The van der Waals surface area contributed by atoms with E-state index in [1.54, 1.807) is 30.6 Å². The SMILES string of the molecule is Nc1nccn2c(C[C@H]3CCCN3Cc3ccccc3)nc(-c3ccc(C(=O)Nc4ccccn4)cc3)c12. The summed E-state index contributed by atoms with van der Waals surface area (Å²) in [5.41, 5.74) is 10.7. The molecule has 8 nitrogen and oxygen atoms in total. The van der Waals surface area contributed by atoms with Crippen molar-refractivity contribution in [2.24, 2.45) is 0 Å². The highest BCUT2D eigenvalue weighted by molar-refractivity contribution is 6.04. The fourth-order valence-electron chi connectivity index (χ4n) is 5.24. The van der Waals surface area contributed by atoms with E-state index in [9.17, 15) is 4.79 Å². The van der Waals surface area contributed by atoms with Gasteiger partial charge in [0.05, 0.1) is 0 Å². The molecule has 1 amide bonds. The number of rotatable bonds is 7. The first-order valence-corrected chi connectivity index (χ1v) is 12.9. The minimum atomic E-state index is -0.216. The van der Waals surface area contributed by atoms with Crippen molar-refractivity contribution in [2.45, 2.75) is 31.8 Å². The van der Waals surface area contributed by atoms with Crippen LogP contribution in [0, 0.1) is 0 Å². The lowest BCUT2D eigenvalue weighted by Gasteiger charge is -2.24. The van der Waals surface area contributed by atoms with E-state index in [4.69, 9.17) is 10.7 Å². The number of nitrogens with two attached hydrogens (primary N) is 1. The number of imidazole rings is 1. The van der Waals surface area contributed by atoms with Gasteiger partial charge in [-0.05, 0) is 49.2 Å². The molecule has 4 heterocycles. The van der Waals surface area contributed by atoms with E-state index in [0.29, 0.717) is 23.2 Å². The van der Waals surface area contributed by atoms with Crippen molar-refractivity contribution in [3.05, 3.63) is 108 Å². The fraction of sp³-hybridized carbons (Fsp3) is 0.200. The molecule has 1 aliphatic rings. The van der Waals surface area contributed by atoms with Crippen LogP contribution in [0.5, 0.6) is 0 Å². The van der Waals surface area contributed by atoms with E-state index < -0.39 is 0 Å². The molecule has 1 fully saturated rings. The molecule has 0 spiro atoms. The number of carbonyl (C=O) groups excluding carboxylic acids is 1. The Bertz CT molecular complexity index is 1550. The van der Waals surface area contributed by atoms with Gasteiger partial charge in [-0.15, -0.1) is 0 Å². The van der Waals surface area contributed by atoms with Crippen LogP contribution in [0.25, 0.3) is 16.8 Å². The highest BCUT2D eigenvalue weighted by atomic mass is 16.1. The second kappa shape index (κ2) is 10.4. The van der Waals surface area contributed by atoms with E-state index in [2.05, 4.69) is 54.9 Å². The van der Waals surface area contributed by atoms with Crippen molar-refractivity contribution < 1.29 is 4.79 Å². The number of hydrogen-bond acceptors (Lipinski definition) is 6. The number of carbonyl (C=O) groups is 1. The van der Waals surface area contributed by atoms with Gasteiger partial charge in [0, 0.05) is 48.7 Å². The summed E-state index contributed by atoms with van der Waals surface area (Å²) in [4.78, 5) is 28.8. The summed E-state index contributed by atoms with van der Waals surface area (Å²) < 4.78 is 2.07. The lowest BCUT2D eigenvalue weighted by atomic mass is 10.1. The molecule has 5 aromatic rings. The van der Waals surface area contributed by atoms with Gasteiger partial charge in [-0.1, -0.05) is 48.5 Å². The quantitative estimate of drug-likeness (QED) is 0.330. The van der Waals surface area contributed by atoms with Crippen LogP contribution in [0.1, 0.15) is 34.6 Å². The summed E-state index contributed by atoms with van der Waals surface area (Å²) in [7, 11) is 0. The van der Waals surface area contributed by atoms with Crippen LogP contribution < -0.4 is 11.1 Å². The number of benzene rings is 2. The van der Waals surface area contributed by atoms with Gasteiger partial charge in [-0.3, -0.25) is 14.1 Å². The maximum absolute atomic E-state index is 12.7. The van der Waals surface area contributed by atoms with E-state index >= 15 is 0 Å². The highest BCUT2D eigenvalue weighted by Crippen LogP contribution is 2.30. The number of likely N-dealkylation sites (tertiary alicyclic amines) is 1. The Kier molecular flexibility index (Phi) is 6.54. The first-order chi connectivity index (χ1) is 18.7. The average Bonchev–Trinajstić information content (AvgIpc) is 3.55. The summed E-state index contributed by atoms with van der Waals surface area (Å²) in [6.07, 6.45) is 8.44. The molecule has 3 aromatic heterocycles. The monoisotopic (exact) mass is 503 g/mol. The van der Waals surface area contributed by atoms with Gasteiger partial charge in [0.25, 0.3) is 5.91 Å². The standard InChI is InChI=1S/C30H29N7O/c31-29-28-27(22-11-13-23(14-12-22)30(38)34-25-10-4-5-15-32-25)35-26(37(28)18-16-33-29)19-24-9-6-17-36(24)20-21-7-2-1-3-8-21/h1-5,7-8,10-16,18,24H,6,9,17,19-20H2,(H2,31,33)(H,32,34,38)/t24-/m1/s1. The second-order valence-corrected chi connectivity index (χ2v) is 9.61. The Morgan fingerprint density at radius 2 is 1.79 bits per heavy atom. The molecule has 38 heavy (non-hydrogen) atoms. The molecule has 0 aliphatic carbocycles. The third-order valence-corrected chi connectivity index (χ3v) is 7.13. The Morgan fingerprint density at radius 3 is 2.58 bits per heavy atom. The average molecular weight is 504 g/mol. The third-order valence-electron chi connectivity index (χ3n) is 7.13. The predicted octanol–water partition coefficient (Wildman–Crippen LogP) is 4.83. The minimum absolute atomic E-state index is 0.216. The van der Waals surface area contributed by atoms with Crippen molar-refractivity contribution in [1.82, 2.24) is 24.3 Å². The van der Waals surface area contributed by atoms with Gasteiger partial charge >= 0.3 is 0 Å². The zero-order valence-corrected chi connectivity index (χ0v) is 21.0. The van der Waals surface area contributed by atoms with Crippen LogP contribution in [-0.4, -0.2) is 42.7 Å². The van der Waals surface area contributed by atoms with Crippen LogP contribution >= 0.6 is 0 Å². The van der Waals surface area contributed by atoms with E-state index in [1.165, 1.54) is 12.0 Å². The lowest BCUT2D eigenvalue weighted by molar-refractivity contribution is 0.102. The Hall–Kier alpha value is -4.56. The molecule has 6 rings (SSSR count). The fourth-order valence-corrected chi connectivity index (χ4v) is 5.24. The minimum Gasteiger partial charge on any atom is -0.382 e. The molecule has 0 saturated carbocycles. The van der Waals surface area contributed by atoms with Gasteiger partial charge in [0.2, 0.25) is 0 Å². The summed E-state index contributed by atoms with van der Waals surface area (Å²) in [6.45, 7) is 2.02. The Morgan fingerprint density at radius 1 is 0.974 bits per heavy atom. The molecule has 1 atom stereocenters. The zero-order valence-electron chi connectivity index (χ0n) is 21.0. The predicted molar refractivity (Wildman–Crippen MR) is 149 cm³/mol. The molecule has 1 aliphatic heterocycles.